The number of ether oxygens (including phenoxy) is 1. The first-order valence-electron chi connectivity index (χ1n) is 6.07. The Labute approximate surface area is 107 Å². The summed E-state index contributed by atoms with van der Waals surface area (Å²) in [5.41, 5.74) is 0.949. The summed E-state index contributed by atoms with van der Waals surface area (Å²) in [6, 6.07) is 0. The Morgan fingerprint density at radius 2 is 2.35 bits per heavy atom. The molecule has 0 bridgehead atoms. The highest BCUT2D eigenvalue weighted by molar-refractivity contribution is 6.31. The molecular weight excluding hydrogens is 240 g/mol. The summed E-state index contributed by atoms with van der Waals surface area (Å²) in [5.74, 6) is 0. The molecule has 1 aromatic rings. The van der Waals surface area contributed by atoms with Crippen LogP contribution in [0.25, 0.3) is 0 Å². The molecule has 4 nitrogen and oxygen atoms in total. The van der Waals surface area contributed by atoms with E-state index in [0.29, 0.717) is 18.1 Å². The van der Waals surface area contributed by atoms with Crippen molar-refractivity contribution in [3.05, 3.63) is 16.4 Å². The van der Waals surface area contributed by atoms with Crippen LogP contribution in [0.1, 0.15) is 31.2 Å². The molecule has 1 aromatic heterocycles. The topological polar surface area (TPSA) is 47.3 Å². The fourth-order valence-corrected chi connectivity index (χ4v) is 2.53. The van der Waals surface area contributed by atoms with E-state index in [4.69, 9.17) is 16.3 Å². The minimum Gasteiger partial charge on any atom is -0.387 e. The second-order valence-electron chi connectivity index (χ2n) is 4.72. The second kappa shape index (κ2) is 4.96. The average molecular weight is 259 g/mol. The molecule has 1 N–H and O–H groups in total. The summed E-state index contributed by atoms with van der Waals surface area (Å²) >= 11 is 6.24. The molecule has 96 valence electrons. The van der Waals surface area contributed by atoms with Crippen LogP contribution >= 0.6 is 11.6 Å². The minimum atomic E-state index is -0.790. The van der Waals surface area contributed by atoms with Crippen molar-refractivity contribution in [2.45, 2.75) is 45.3 Å². The Kier molecular flexibility index (Phi) is 3.76. The fourth-order valence-electron chi connectivity index (χ4n) is 2.33. The van der Waals surface area contributed by atoms with E-state index in [9.17, 15) is 5.11 Å². The molecule has 0 aromatic carbocycles. The SMILES string of the molecule is CCn1nc(C)c(Cl)c1CC1(O)CCCOC1. The van der Waals surface area contributed by atoms with E-state index in [2.05, 4.69) is 5.10 Å². The van der Waals surface area contributed by atoms with Gasteiger partial charge >= 0.3 is 0 Å². The molecule has 2 heterocycles. The Morgan fingerprint density at radius 3 is 2.94 bits per heavy atom. The fraction of sp³-hybridized carbons (Fsp3) is 0.750. The Morgan fingerprint density at radius 1 is 1.59 bits per heavy atom. The largest absolute Gasteiger partial charge is 0.387 e. The van der Waals surface area contributed by atoms with E-state index in [-0.39, 0.29) is 0 Å². The third kappa shape index (κ3) is 2.64. The van der Waals surface area contributed by atoms with Crippen molar-refractivity contribution in [2.24, 2.45) is 0 Å². The third-order valence-corrected chi connectivity index (χ3v) is 3.74. The van der Waals surface area contributed by atoms with E-state index < -0.39 is 5.60 Å². The van der Waals surface area contributed by atoms with Gasteiger partial charge in [0.2, 0.25) is 0 Å². The number of hydrogen-bond acceptors (Lipinski definition) is 3. The van der Waals surface area contributed by atoms with E-state index in [1.165, 1.54) is 0 Å². The molecule has 1 aliphatic heterocycles. The number of halogens is 1. The Bertz CT molecular complexity index is 397. The maximum atomic E-state index is 10.5. The molecule has 0 saturated carbocycles. The third-order valence-electron chi connectivity index (χ3n) is 3.25. The molecule has 5 heteroatoms. The lowest BCUT2D eigenvalue weighted by molar-refractivity contribution is -0.0854. The van der Waals surface area contributed by atoms with Gasteiger partial charge in [-0.05, 0) is 26.7 Å². The van der Waals surface area contributed by atoms with Gasteiger partial charge in [-0.3, -0.25) is 4.68 Å². The van der Waals surface area contributed by atoms with Crippen LogP contribution in [-0.2, 0) is 17.7 Å². The normalized spacial score (nSPS) is 25.2. The first kappa shape index (κ1) is 12.9. The summed E-state index contributed by atoms with van der Waals surface area (Å²) in [7, 11) is 0. The molecule has 0 aliphatic carbocycles. The molecule has 0 amide bonds. The summed E-state index contributed by atoms with van der Waals surface area (Å²) in [6.07, 6.45) is 2.17. The Hall–Kier alpha value is -0.580. The summed E-state index contributed by atoms with van der Waals surface area (Å²) in [6.45, 7) is 5.80. The number of aromatic nitrogens is 2. The lowest BCUT2D eigenvalue weighted by Gasteiger charge is -2.32. The molecule has 1 fully saturated rings. The van der Waals surface area contributed by atoms with Gasteiger partial charge in [-0.25, -0.2) is 0 Å². The zero-order chi connectivity index (χ0) is 12.5. The van der Waals surface area contributed by atoms with Gasteiger partial charge in [0.25, 0.3) is 0 Å². The molecular formula is C12H19ClN2O2. The molecule has 0 spiro atoms. The second-order valence-corrected chi connectivity index (χ2v) is 5.10. The highest BCUT2D eigenvalue weighted by atomic mass is 35.5. The van der Waals surface area contributed by atoms with Crippen LogP contribution in [0.2, 0.25) is 5.02 Å². The average Bonchev–Trinajstić information content (AvgIpc) is 2.57. The van der Waals surface area contributed by atoms with Gasteiger partial charge in [0.05, 0.1) is 28.6 Å². The van der Waals surface area contributed by atoms with Crippen molar-refractivity contribution in [1.29, 1.82) is 0 Å². The van der Waals surface area contributed by atoms with Gasteiger partial charge in [-0.1, -0.05) is 11.6 Å². The van der Waals surface area contributed by atoms with E-state index in [0.717, 1.165) is 37.4 Å². The molecule has 1 unspecified atom stereocenters. The Balaban J connectivity index is 2.22. The number of hydrogen-bond donors (Lipinski definition) is 1. The zero-order valence-electron chi connectivity index (χ0n) is 10.4. The number of rotatable bonds is 3. The predicted molar refractivity (Wildman–Crippen MR) is 66.4 cm³/mol. The number of nitrogens with zero attached hydrogens (tertiary/aromatic N) is 2. The van der Waals surface area contributed by atoms with Crippen LogP contribution < -0.4 is 0 Å². The standard InChI is InChI=1S/C12H19ClN2O2/c1-3-15-10(11(13)9(2)14-15)7-12(16)5-4-6-17-8-12/h16H,3-8H2,1-2H3. The summed E-state index contributed by atoms with van der Waals surface area (Å²) in [4.78, 5) is 0. The molecule has 17 heavy (non-hydrogen) atoms. The van der Waals surface area contributed by atoms with Crippen molar-refractivity contribution in [1.82, 2.24) is 9.78 Å². The van der Waals surface area contributed by atoms with E-state index >= 15 is 0 Å². The monoisotopic (exact) mass is 258 g/mol. The quantitative estimate of drug-likeness (QED) is 0.902. The highest BCUT2D eigenvalue weighted by Gasteiger charge is 2.32. The first-order valence-corrected chi connectivity index (χ1v) is 6.45. The van der Waals surface area contributed by atoms with E-state index in [1.54, 1.807) is 0 Å². The van der Waals surface area contributed by atoms with Gasteiger partial charge in [0.15, 0.2) is 0 Å². The molecule has 1 aliphatic rings. The van der Waals surface area contributed by atoms with Crippen LogP contribution in [0.15, 0.2) is 0 Å². The van der Waals surface area contributed by atoms with Gasteiger partial charge in [-0.15, -0.1) is 0 Å². The lowest BCUT2D eigenvalue weighted by Crippen LogP contribution is -2.41. The smallest absolute Gasteiger partial charge is 0.0936 e. The van der Waals surface area contributed by atoms with Gasteiger partial charge in [0.1, 0.15) is 0 Å². The van der Waals surface area contributed by atoms with Crippen molar-refractivity contribution in [3.63, 3.8) is 0 Å². The van der Waals surface area contributed by atoms with Gasteiger partial charge in [-0.2, -0.15) is 5.10 Å². The molecule has 0 radical (unpaired) electrons. The first-order chi connectivity index (χ1) is 8.06. The van der Waals surface area contributed by atoms with Gasteiger partial charge < -0.3 is 9.84 Å². The van der Waals surface area contributed by atoms with E-state index in [1.807, 2.05) is 18.5 Å². The number of aryl methyl sites for hydroxylation is 2. The molecule has 2 rings (SSSR count). The zero-order valence-corrected chi connectivity index (χ0v) is 11.1. The summed E-state index contributed by atoms with van der Waals surface area (Å²) < 4.78 is 7.22. The van der Waals surface area contributed by atoms with Gasteiger partial charge in [0, 0.05) is 19.6 Å². The maximum absolute atomic E-state index is 10.5. The van der Waals surface area contributed by atoms with Crippen molar-refractivity contribution in [2.75, 3.05) is 13.2 Å². The minimum absolute atomic E-state index is 0.386. The van der Waals surface area contributed by atoms with Crippen LogP contribution in [0.4, 0.5) is 0 Å². The van der Waals surface area contributed by atoms with Crippen molar-refractivity contribution < 1.29 is 9.84 Å². The highest BCUT2D eigenvalue weighted by Crippen LogP contribution is 2.28. The molecule has 1 saturated heterocycles. The van der Waals surface area contributed by atoms with Crippen LogP contribution in [0.3, 0.4) is 0 Å². The van der Waals surface area contributed by atoms with Crippen LogP contribution in [0, 0.1) is 6.92 Å². The van der Waals surface area contributed by atoms with Crippen LogP contribution in [-0.4, -0.2) is 33.7 Å². The van der Waals surface area contributed by atoms with Crippen LogP contribution in [0.5, 0.6) is 0 Å². The number of aliphatic hydroxyl groups is 1. The molecule has 1 atom stereocenters. The summed E-state index contributed by atoms with van der Waals surface area (Å²) in [5, 5.41) is 15.5. The van der Waals surface area contributed by atoms with Crippen molar-refractivity contribution in [3.8, 4) is 0 Å². The predicted octanol–water partition coefficient (Wildman–Crippen LogP) is 1.95. The van der Waals surface area contributed by atoms with Crippen molar-refractivity contribution >= 4 is 11.6 Å². The maximum Gasteiger partial charge on any atom is 0.0936 e. The lowest BCUT2D eigenvalue weighted by atomic mass is 9.91.